The van der Waals surface area contributed by atoms with E-state index >= 15 is 0 Å². The molecule has 0 N–H and O–H groups in total. The molecule has 0 bridgehead atoms. The molecule has 1 aliphatic rings. The summed E-state index contributed by atoms with van der Waals surface area (Å²) < 4.78 is 1.09. The lowest BCUT2D eigenvalue weighted by Crippen LogP contribution is -2.45. The maximum atomic E-state index is 12.4. The number of hydrogen-bond acceptors (Lipinski definition) is 3. The van der Waals surface area contributed by atoms with Crippen molar-refractivity contribution in [2.75, 3.05) is 20.6 Å². The molecular weight excluding hydrogens is 363 g/mol. The van der Waals surface area contributed by atoms with E-state index in [1.165, 1.54) is 0 Å². The van der Waals surface area contributed by atoms with Gasteiger partial charge in [-0.05, 0) is 41.5 Å². The Morgan fingerprint density at radius 1 is 1.50 bits per heavy atom. The van der Waals surface area contributed by atoms with Crippen LogP contribution in [0.25, 0.3) is 0 Å². The van der Waals surface area contributed by atoms with E-state index in [0.29, 0.717) is 12.1 Å². The van der Waals surface area contributed by atoms with Crippen LogP contribution in [0.2, 0.25) is 0 Å². The number of likely N-dealkylation sites (tertiary alicyclic amines) is 1. The quantitative estimate of drug-likeness (QED) is 0.740. The fraction of sp³-hybridized carbons (Fsp3) is 0.500. The third-order valence-corrected chi connectivity index (χ3v) is 4.84. The largest absolute Gasteiger partial charge is 0.347 e. The summed E-state index contributed by atoms with van der Waals surface area (Å²) in [6, 6.07) is 1.59. The van der Waals surface area contributed by atoms with E-state index in [2.05, 4.69) is 22.6 Å². The van der Waals surface area contributed by atoms with Crippen molar-refractivity contribution in [2.24, 2.45) is 0 Å². The van der Waals surface area contributed by atoms with E-state index in [4.69, 9.17) is 0 Å². The molecule has 1 aromatic rings. The summed E-state index contributed by atoms with van der Waals surface area (Å²) in [6.07, 6.45) is 1.67. The zero-order valence-electron chi connectivity index (χ0n) is 10.4. The molecule has 0 saturated carbocycles. The molecule has 2 amide bonds. The highest BCUT2D eigenvalue weighted by Crippen LogP contribution is 2.24. The van der Waals surface area contributed by atoms with Gasteiger partial charge in [0.2, 0.25) is 5.91 Å². The van der Waals surface area contributed by atoms with Crippen LogP contribution in [0, 0.1) is 2.88 Å². The number of hydrogen-bond donors (Lipinski definition) is 0. The van der Waals surface area contributed by atoms with Crippen molar-refractivity contribution in [3.63, 3.8) is 0 Å². The molecule has 1 aliphatic heterocycles. The van der Waals surface area contributed by atoms with Gasteiger partial charge in [-0.2, -0.15) is 0 Å². The smallest absolute Gasteiger partial charge is 0.255 e. The van der Waals surface area contributed by atoms with Gasteiger partial charge in [-0.15, -0.1) is 11.3 Å². The third kappa shape index (κ3) is 2.69. The van der Waals surface area contributed by atoms with Crippen LogP contribution in [0.4, 0.5) is 0 Å². The summed E-state index contributed by atoms with van der Waals surface area (Å²) in [5.74, 6) is -0.00218. The Labute approximate surface area is 124 Å². The summed E-state index contributed by atoms with van der Waals surface area (Å²) in [7, 11) is 3.47. The molecule has 1 aromatic heterocycles. The lowest BCUT2D eigenvalue weighted by molar-refractivity contribution is -0.132. The summed E-state index contributed by atoms with van der Waals surface area (Å²) in [5.41, 5.74) is 0.697. The van der Waals surface area contributed by atoms with Gasteiger partial charge in [-0.3, -0.25) is 9.59 Å². The minimum Gasteiger partial charge on any atom is -0.347 e. The lowest BCUT2D eigenvalue weighted by Gasteiger charge is -2.25. The van der Waals surface area contributed by atoms with Crippen LogP contribution in [0.1, 0.15) is 23.2 Å². The van der Waals surface area contributed by atoms with E-state index in [9.17, 15) is 9.59 Å². The van der Waals surface area contributed by atoms with E-state index < -0.39 is 0 Å². The zero-order valence-corrected chi connectivity index (χ0v) is 13.3. The van der Waals surface area contributed by atoms with Crippen LogP contribution in [0.15, 0.2) is 11.4 Å². The van der Waals surface area contributed by atoms with Gasteiger partial charge in [-0.1, -0.05) is 0 Å². The molecule has 98 valence electrons. The van der Waals surface area contributed by atoms with Crippen molar-refractivity contribution in [1.82, 2.24) is 9.80 Å². The Balaban J connectivity index is 2.17. The highest BCUT2D eigenvalue weighted by atomic mass is 127. The average molecular weight is 378 g/mol. The molecule has 1 fully saturated rings. The standard InChI is InChI=1S/C12H15IN2O2S/c1-14(2)12(17)9-4-3-5-15(9)11(16)8-6-10(13)18-7-8/h6-7,9H,3-5H2,1-2H3. The second-order valence-corrected chi connectivity index (χ2v) is 7.33. The highest BCUT2D eigenvalue weighted by Gasteiger charge is 2.35. The molecule has 4 nitrogen and oxygen atoms in total. The first-order chi connectivity index (χ1) is 8.50. The summed E-state index contributed by atoms with van der Waals surface area (Å²) in [4.78, 5) is 27.7. The monoisotopic (exact) mass is 378 g/mol. The van der Waals surface area contributed by atoms with E-state index in [0.717, 1.165) is 15.7 Å². The lowest BCUT2D eigenvalue weighted by atomic mass is 10.2. The first kappa shape index (κ1) is 13.8. The first-order valence-corrected chi connectivity index (χ1v) is 7.72. The van der Waals surface area contributed by atoms with Gasteiger partial charge in [0.25, 0.3) is 5.91 Å². The number of amides is 2. The Hall–Kier alpha value is -0.630. The van der Waals surface area contributed by atoms with Crippen LogP contribution < -0.4 is 0 Å². The van der Waals surface area contributed by atoms with Gasteiger partial charge in [0.05, 0.1) is 8.45 Å². The number of rotatable bonds is 2. The van der Waals surface area contributed by atoms with Crippen LogP contribution in [0.3, 0.4) is 0 Å². The molecule has 0 radical (unpaired) electrons. The zero-order chi connectivity index (χ0) is 13.3. The highest BCUT2D eigenvalue weighted by molar-refractivity contribution is 14.1. The van der Waals surface area contributed by atoms with Crippen molar-refractivity contribution < 1.29 is 9.59 Å². The Kier molecular flexibility index (Phi) is 4.26. The van der Waals surface area contributed by atoms with Gasteiger partial charge in [0.1, 0.15) is 6.04 Å². The number of nitrogens with zero attached hydrogens (tertiary/aromatic N) is 2. The van der Waals surface area contributed by atoms with E-state index in [-0.39, 0.29) is 17.9 Å². The Morgan fingerprint density at radius 3 is 2.78 bits per heavy atom. The maximum absolute atomic E-state index is 12.4. The summed E-state index contributed by atoms with van der Waals surface area (Å²) in [5, 5.41) is 1.86. The van der Waals surface area contributed by atoms with Gasteiger partial charge >= 0.3 is 0 Å². The fourth-order valence-corrected chi connectivity index (χ4v) is 3.47. The number of halogens is 1. The van der Waals surface area contributed by atoms with Gasteiger partial charge < -0.3 is 9.80 Å². The predicted octanol–water partition coefficient (Wildman–Crippen LogP) is 2.05. The number of thiophene rings is 1. The molecule has 0 aromatic carbocycles. The van der Waals surface area contributed by atoms with Crippen molar-refractivity contribution in [2.45, 2.75) is 18.9 Å². The normalized spacial score (nSPS) is 19.1. The van der Waals surface area contributed by atoms with Crippen LogP contribution >= 0.6 is 33.9 Å². The minimum atomic E-state index is -0.287. The van der Waals surface area contributed by atoms with Gasteiger partial charge in [0, 0.05) is 26.0 Å². The molecular formula is C12H15IN2O2S. The molecule has 2 heterocycles. The molecule has 18 heavy (non-hydrogen) atoms. The van der Waals surface area contributed by atoms with Gasteiger partial charge in [-0.25, -0.2) is 0 Å². The molecule has 1 atom stereocenters. The minimum absolute atomic E-state index is 0.0192. The van der Waals surface area contributed by atoms with Gasteiger partial charge in [0.15, 0.2) is 0 Å². The Bertz CT molecular complexity index is 472. The van der Waals surface area contributed by atoms with Crippen LogP contribution in [-0.2, 0) is 4.79 Å². The van der Waals surface area contributed by atoms with Crippen LogP contribution in [-0.4, -0.2) is 48.3 Å². The molecule has 6 heteroatoms. The molecule has 0 spiro atoms. The predicted molar refractivity (Wildman–Crippen MR) is 79.8 cm³/mol. The van der Waals surface area contributed by atoms with E-state index in [1.54, 1.807) is 35.2 Å². The third-order valence-electron chi connectivity index (χ3n) is 3.05. The van der Waals surface area contributed by atoms with Crippen molar-refractivity contribution in [3.8, 4) is 0 Å². The molecule has 2 rings (SSSR count). The second kappa shape index (κ2) is 5.56. The van der Waals surface area contributed by atoms with Crippen molar-refractivity contribution in [1.29, 1.82) is 0 Å². The molecule has 1 saturated heterocycles. The van der Waals surface area contributed by atoms with Crippen molar-refractivity contribution in [3.05, 3.63) is 19.9 Å². The molecule has 0 aliphatic carbocycles. The summed E-state index contributed by atoms with van der Waals surface area (Å²) >= 11 is 3.75. The van der Waals surface area contributed by atoms with E-state index in [1.807, 2.05) is 11.4 Å². The average Bonchev–Trinajstić information content (AvgIpc) is 2.95. The first-order valence-electron chi connectivity index (χ1n) is 5.77. The second-order valence-electron chi connectivity index (χ2n) is 4.53. The number of carbonyl (C=O) groups is 2. The van der Waals surface area contributed by atoms with Crippen LogP contribution in [0.5, 0.6) is 0 Å². The van der Waals surface area contributed by atoms with Crippen molar-refractivity contribution >= 4 is 45.7 Å². The molecule has 1 unspecified atom stereocenters. The number of carbonyl (C=O) groups excluding carboxylic acids is 2. The topological polar surface area (TPSA) is 40.6 Å². The summed E-state index contributed by atoms with van der Waals surface area (Å²) in [6.45, 7) is 0.676. The SMILES string of the molecule is CN(C)C(=O)C1CCCN1C(=O)c1csc(I)c1. The fourth-order valence-electron chi connectivity index (χ4n) is 2.15. The number of likely N-dealkylation sites (N-methyl/N-ethyl adjacent to an activating group) is 1. The maximum Gasteiger partial charge on any atom is 0.255 e. The Morgan fingerprint density at radius 2 is 2.22 bits per heavy atom.